The van der Waals surface area contributed by atoms with Crippen LogP contribution in [0.2, 0.25) is 5.02 Å². The van der Waals surface area contributed by atoms with E-state index in [0.29, 0.717) is 16.4 Å². The molecule has 0 saturated carbocycles. The standard InChI is InChI=1S/C13H13ClN4O.ClH/c1-7-13(19)17-10-4-9(14)12(5-11(10)16-7)18-3-2-8(15)6-18;/h2-7,16H,15H2,1H3,(H,17,19);1H. The molecule has 20 heavy (non-hydrogen) atoms. The van der Waals surface area contributed by atoms with Crippen LogP contribution in [0.15, 0.2) is 30.6 Å². The van der Waals surface area contributed by atoms with E-state index in [9.17, 15) is 4.79 Å². The minimum atomic E-state index is -0.267. The largest absolute Gasteiger partial charge is 0.397 e. The van der Waals surface area contributed by atoms with Gasteiger partial charge in [0.05, 0.1) is 22.1 Å². The normalized spacial score (nSPS) is 16.7. The molecule has 0 fully saturated rings. The number of rotatable bonds is 1. The van der Waals surface area contributed by atoms with Gasteiger partial charge in [-0.2, -0.15) is 0 Å². The number of carbonyl (C=O) groups excluding carboxylic acids is 1. The summed E-state index contributed by atoms with van der Waals surface area (Å²) in [4.78, 5) is 11.6. The van der Waals surface area contributed by atoms with Crippen LogP contribution in [0.3, 0.4) is 0 Å². The quantitative estimate of drug-likeness (QED) is 0.758. The Morgan fingerprint density at radius 3 is 2.75 bits per heavy atom. The number of nitrogens with zero attached hydrogens (tertiary/aromatic N) is 1. The van der Waals surface area contributed by atoms with Crippen LogP contribution in [-0.4, -0.2) is 16.5 Å². The van der Waals surface area contributed by atoms with Gasteiger partial charge in [-0.1, -0.05) is 11.6 Å². The zero-order chi connectivity index (χ0) is 13.6. The Labute approximate surface area is 127 Å². The maximum Gasteiger partial charge on any atom is 0.246 e. The van der Waals surface area contributed by atoms with Gasteiger partial charge in [0.25, 0.3) is 0 Å². The van der Waals surface area contributed by atoms with Gasteiger partial charge in [-0.05, 0) is 25.1 Å². The number of nitrogens with one attached hydrogen (secondary N) is 2. The van der Waals surface area contributed by atoms with Crippen LogP contribution in [0.4, 0.5) is 17.1 Å². The second-order valence-electron chi connectivity index (χ2n) is 4.56. The van der Waals surface area contributed by atoms with E-state index < -0.39 is 0 Å². The van der Waals surface area contributed by atoms with Crippen molar-refractivity contribution in [1.82, 2.24) is 4.57 Å². The average Bonchev–Trinajstić information content (AvgIpc) is 2.77. The predicted molar refractivity (Wildman–Crippen MR) is 84.2 cm³/mol. The smallest absolute Gasteiger partial charge is 0.246 e. The van der Waals surface area contributed by atoms with Crippen molar-refractivity contribution in [1.29, 1.82) is 0 Å². The molecule has 1 atom stereocenters. The molecule has 1 aliphatic heterocycles. The third-order valence-electron chi connectivity index (χ3n) is 3.10. The van der Waals surface area contributed by atoms with Gasteiger partial charge < -0.3 is 20.9 Å². The molecular weight excluding hydrogens is 299 g/mol. The van der Waals surface area contributed by atoms with Crippen LogP contribution in [0.25, 0.3) is 5.69 Å². The minimum Gasteiger partial charge on any atom is -0.397 e. The number of hydrogen-bond acceptors (Lipinski definition) is 3. The zero-order valence-electron chi connectivity index (χ0n) is 10.7. The number of nitrogen functional groups attached to an aromatic ring is 1. The van der Waals surface area contributed by atoms with Gasteiger partial charge in [-0.25, -0.2) is 0 Å². The fourth-order valence-electron chi connectivity index (χ4n) is 2.09. The Balaban J connectivity index is 0.00000147. The maximum atomic E-state index is 11.6. The molecule has 2 aromatic rings. The summed E-state index contributed by atoms with van der Waals surface area (Å²) in [5, 5.41) is 6.50. The second-order valence-corrected chi connectivity index (χ2v) is 4.96. The number of halogens is 2. The molecule has 1 unspecified atom stereocenters. The van der Waals surface area contributed by atoms with Gasteiger partial charge in [-0.3, -0.25) is 4.79 Å². The molecule has 2 heterocycles. The number of carbonyl (C=O) groups is 1. The summed E-state index contributed by atoms with van der Waals surface area (Å²) in [6.07, 6.45) is 3.63. The van der Waals surface area contributed by atoms with Crippen LogP contribution in [0.5, 0.6) is 0 Å². The van der Waals surface area contributed by atoms with Gasteiger partial charge in [0.2, 0.25) is 5.91 Å². The summed E-state index contributed by atoms with van der Waals surface area (Å²) < 4.78 is 1.85. The highest BCUT2D eigenvalue weighted by Gasteiger charge is 2.22. The molecule has 1 amide bonds. The summed E-state index contributed by atoms with van der Waals surface area (Å²) in [6.45, 7) is 1.81. The monoisotopic (exact) mass is 312 g/mol. The molecule has 1 aromatic heterocycles. The minimum absolute atomic E-state index is 0. The lowest BCUT2D eigenvalue weighted by molar-refractivity contribution is -0.116. The van der Waals surface area contributed by atoms with E-state index in [1.165, 1.54) is 0 Å². The summed E-state index contributed by atoms with van der Waals surface area (Å²) in [7, 11) is 0. The van der Waals surface area contributed by atoms with Gasteiger partial charge in [0.15, 0.2) is 0 Å². The van der Waals surface area contributed by atoms with Crippen molar-refractivity contribution >= 4 is 47.0 Å². The van der Waals surface area contributed by atoms with Crippen molar-refractivity contribution in [2.24, 2.45) is 0 Å². The molecule has 0 saturated heterocycles. The fraction of sp³-hybridized carbons (Fsp3) is 0.154. The zero-order valence-corrected chi connectivity index (χ0v) is 12.3. The molecule has 3 rings (SSSR count). The van der Waals surface area contributed by atoms with E-state index in [2.05, 4.69) is 10.6 Å². The lowest BCUT2D eigenvalue weighted by Gasteiger charge is -2.25. The number of amides is 1. The fourth-order valence-corrected chi connectivity index (χ4v) is 2.35. The van der Waals surface area contributed by atoms with Crippen molar-refractivity contribution in [3.05, 3.63) is 35.6 Å². The molecular formula is C13H14Cl2N4O. The summed E-state index contributed by atoms with van der Waals surface area (Å²) >= 11 is 6.25. The van der Waals surface area contributed by atoms with E-state index in [1.54, 1.807) is 25.3 Å². The molecule has 7 heteroatoms. The molecule has 5 nitrogen and oxygen atoms in total. The van der Waals surface area contributed by atoms with Crippen LogP contribution < -0.4 is 16.4 Å². The first-order valence-corrected chi connectivity index (χ1v) is 6.27. The number of hydrogen-bond donors (Lipinski definition) is 3. The Kier molecular flexibility index (Phi) is 3.83. The molecule has 1 aliphatic rings. The lowest BCUT2D eigenvalue weighted by Crippen LogP contribution is -2.36. The molecule has 0 spiro atoms. The Bertz CT molecular complexity index is 668. The Morgan fingerprint density at radius 2 is 2.10 bits per heavy atom. The van der Waals surface area contributed by atoms with E-state index in [4.69, 9.17) is 17.3 Å². The molecule has 4 N–H and O–H groups in total. The second kappa shape index (κ2) is 5.26. The summed E-state index contributed by atoms with van der Waals surface area (Å²) in [5.74, 6) is -0.0680. The van der Waals surface area contributed by atoms with Crippen molar-refractivity contribution in [3.63, 3.8) is 0 Å². The number of fused-ring (bicyclic) bond motifs is 1. The average molecular weight is 313 g/mol. The first-order valence-electron chi connectivity index (χ1n) is 5.89. The van der Waals surface area contributed by atoms with Crippen LogP contribution in [0, 0.1) is 0 Å². The van der Waals surface area contributed by atoms with E-state index in [0.717, 1.165) is 11.4 Å². The van der Waals surface area contributed by atoms with Crippen molar-refractivity contribution < 1.29 is 4.79 Å². The molecule has 0 radical (unpaired) electrons. The highest BCUT2D eigenvalue weighted by Crippen LogP contribution is 2.34. The van der Waals surface area contributed by atoms with Gasteiger partial charge >= 0.3 is 0 Å². The molecule has 1 aromatic carbocycles. The molecule has 0 bridgehead atoms. The van der Waals surface area contributed by atoms with Crippen LogP contribution >= 0.6 is 24.0 Å². The topological polar surface area (TPSA) is 72.1 Å². The van der Waals surface area contributed by atoms with E-state index in [1.807, 2.05) is 16.8 Å². The van der Waals surface area contributed by atoms with Gasteiger partial charge in [-0.15, -0.1) is 12.4 Å². The third kappa shape index (κ3) is 2.42. The number of nitrogens with two attached hydrogens (primary N) is 1. The van der Waals surface area contributed by atoms with Crippen molar-refractivity contribution in [3.8, 4) is 5.69 Å². The van der Waals surface area contributed by atoms with E-state index in [-0.39, 0.29) is 24.4 Å². The first-order chi connectivity index (χ1) is 9.04. The number of aromatic nitrogens is 1. The lowest BCUT2D eigenvalue weighted by atomic mass is 10.1. The first kappa shape index (κ1) is 14.6. The van der Waals surface area contributed by atoms with Crippen LogP contribution in [-0.2, 0) is 4.79 Å². The maximum absolute atomic E-state index is 11.6. The van der Waals surface area contributed by atoms with Crippen molar-refractivity contribution in [2.75, 3.05) is 16.4 Å². The van der Waals surface area contributed by atoms with E-state index >= 15 is 0 Å². The predicted octanol–water partition coefficient (Wildman–Crippen LogP) is 2.89. The molecule has 0 aliphatic carbocycles. The highest BCUT2D eigenvalue weighted by atomic mass is 35.5. The SMILES string of the molecule is CC1Nc2cc(-n3ccc(N)c3)c(Cl)cc2NC1=O.Cl. The summed E-state index contributed by atoms with van der Waals surface area (Å²) in [5.41, 5.74) is 8.73. The number of anilines is 3. The highest BCUT2D eigenvalue weighted by molar-refractivity contribution is 6.33. The molecule has 106 valence electrons. The number of benzene rings is 1. The third-order valence-corrected chi connectivity index (χ3v) is 3.41. The Morgan fingerprint density at radius 1 is 1.35 bits per heavy atom. The summed E-state index contributed by atoms with van der Waals surface area (Å²) in [6, 6.07) is 5.16. The van der Waals surface area contributed by atoms with Gasteiger partial charge in [0, 0.05) is 18.1 Å². The Hall–Kier alpha value is -1.85. The van der Waals surface area contributed by atoms with Gasteiger partial charge in [0.1, 0.15) is 6.04 Å². The van der Waals surface area contributed by atoms with Crippen molar-refractivity contribution in [2.45, 2.75) is 13.0 Å². The van der Waals surface area contributed by atoms with Crippen LogP contribution in [0.1, 0.15) is 6.92 Å².